The van der Waals surface area contributed by atoms with E-state index in [9.17, 15) is 24.6 Å². The van der Waals surface area contributed by atoms with Crippen molar-refractivity contribution in [2.45, 2.75) is 42.4 Å². The second-order valence-electron chi connectivity index (χ2n) is 8.61. The third-order valence-corrected chi connectivity index (χ3v) is 6.74. The van der Waals surface area contributed by atoms with Crippen molar-refractivity contribution in [2.24, 2.45) is 16.5 Å². The molecule has 3 amide bonds. The predicted octanol–water partition coefficient (Wildman–Crippen LogP) is -4.09. The number of aliphatic hydroxyl groups is 2. The molecule has 0 saturated carbocycles. The zero-order valence-electron chi connectivity index (χ0n) is 17.6. The molecule has 4 heterocycles. The first-order chi connectivity index (χ1) is 15.6. The molecule has 0 bridgehead atoms. The maximum absolute atomic E-state index is 12.7. The Labute approximate surface area is 188 Å². The minimum absolute atomic E-state index is 0.0620. The average molecular weight is 457 g/mol. The van der Waals surface area contributed by atoms with E-state index in [2.05, 4.69) is 20.9 Å². The number of hydrogen-bond donors (Lipinski definition) is 7. The van der Waals surface area contributed by atoms with Crippen molar-refractivity contribution < 1.29 is 29.2 Å². The van der Waals surface area contributed by atoms with Gasteiger partial charge in [-0.25, -0.2) is 9.57 Å². The first kappa shape index (κ1) is 21.2. The molecule has 9 N–H and O–H groups in total. The molecule has 2 fully saturated rings. The maximum atomic E-state index is 12.7. The van der Waals surface area contributed by atoms with Crippen LogP contribution in [0.15, 0.2) is 35.3 Å². The van der Waals surface area contributed by atoms with Gasteiger partial charge in [-0.2, -0.15) is 0 Å². The van der Waals surface area contributed by atoms with Gasteiger partial charge in [0.25, 0.3) is 5.91 Å². The number of likely N-dealkylation sites (tertiary alicyclic amines) is 1. The summed E-state index contributed by atoms with van der Waals surface area (Å²) in [4.78, 5) is 42.5. The molecule has 33 heavy (non-hydrogen) atoms. The quantitative estimate of drug-likeness (QED) is 0.133. The van der Waals surface area contributed by atoms with E-state index >= 15 is 0 Å². The average Bonchev–Trinajstić information content (AvgIpc) is 3.37. The molecule has 0 aromatic heterocycles. The summed E-state index contributed by atoms with van der Waals surface area (Å²) in [6.07, 6.45) is 0.238. The molecule has 1 aromatic rings. The van der Waals surface area contributed by atoms with E-state index in [1.54, 1.807) is 30.3 Å². The lowest BCUT2D eigenvalue weighted by Gasteiger charge is -2.44. The molecule has 1 spiro atoms. The Morgan fingerprint density at radius 2 is 1.88 bits per heavy atom. The second-order valence-corrected chi connectivity index (χ2v) is 8.61. The second kappa shape index (κ2) is 7.15. The number of nitrogens with one attached hydrogen (secondary N) is 3. The Morgan fingerprint density at radius 1 is 1.21 bits per heavy atom. The molecular weight excluding hydrogens is 432 g/mol. The lowest BCUT2D eigenvalue weighted by atomic mass is 9.85. The van der Waals surface area contributed by atoms with Crippen LogP contribution in [0.2, 0.25) is 0 Å². The number of benzene rings is 1. The van der Waals surface area contributed by atoms with Crippen molar-refractivity contribution >= 4 is 29.6 Å². The summed E-state index contributed by atoms with van der Waals surface area (Å²) < 4.78 is 1.46. The van der Waals surface area contributed by atoms with Crippen molar-refractivity contribution in [3.63, 3.8) is 0 Å². The van der Waals surface area contributed by atoms with Gasteiger partial charge in [0.15, 0.2) is 5.96 Å². The number of nitrogens with zero attached hydrogens (tertiary/aromatic N) is 3. The van der Waals surface area contributed by atoms with Crippen molar-refractivity contribution in [1.82, 2.24) is 20.9 Å². The minimum Gasteiger partial charge on any atom is -0.370 e. The number of imide groups is 1. The summed E-state index contributed by atoms with van der Waals surface area (Å²) >= 11 is 0. The smallest absolute Gasteiger partial charge is 0.346 e. The number of nitrogens with two attached hydrogens (primary N) is 2. The van der Waals surface area contributed by atoms with Crippen LogP contribution in [0, 0.1) is 0 Å². The molecule has 0 aliphatic carbocycles. The molecule has 4 aliphatic rings. The van der Waals surface area contributed by atoms with Crippen LogP contribution < -0.4 is 27.4 Å². The largest absolute Gasteiger partial charge is 0.370 e. The molecule has 1 aromatic carbocycles. The third-order valence-electron chi connectivity index (χ3n) is 6.74. The van der Waals surface area contributed by atoms with Crippen LogP contribution in [0.1, 0.15) is 23.2 Å². The van der Waals surface area contributed by atoms with Crippen LogP contribution in [-0.4, -0.2) is 92.0 Å². The van der Waals surface area contributed by atoms with Crippen LogP contribution >= 0.6 is 0 Å². The third kappa shape index (κ3) is 2.96. The summed E-state index contributed by atoms with van der Waals surface area (Å²) in [5, 5.41) is 31.3. The fourth-order valence-electron chi connectivity index (χ4n) is 5.16. The van der Waals surface area contributed by atoms with Gasteiger partial charge in [0.2, 0.25) is 23.3 Å². The fraction of sp³-hybridized carbons (Fsp3) is 0.450. The molecule has 2 saturated heterocycles. The van der Waals surface area contributed by atoms with Crippen molar-refractivity contribution in [3.05, 3.63) is 35.9 Å². The normalized spacial score (nSPS) is 32.1. The van der Waals surface area contributed by atoms with E-state index in [1.165, 1.54) is 4.58 Å². The van der Waals surface area contributed by atoms with Gasteiger partial charge in [0.05, 0.1) is 13.1 Å². The Bertz CT molecular complexity index is 1090. The highest BCUT2D eigenvalue weighted by Gasteiger charge is 2.75. The number of rotatable bonds is 4. The van der Waals surface area contributed by atoms with Gasteiger partial charge in [0, 0.05) is 18.4 Å². The summed E-state index contributed by atoms with van der Waals surface area (Å²) in [7, 11) is 0. The van der Waals surface area contributed by atoms with E-state index in [4.69, 9.17) is 11.5 Å². The lowest BCUT2D eigenvalue weighted by Crippen LogP contribution is -2.79. The van der Waals surface area contributed by atoms with Crippen LogP contribution in [0.5, 0.6) is 0 Å². The van der Waals surface area contributed by atoms with Crippen molar-refractivity contribution in [2.75, 3.05) is 13.1 Å². The molecule has 174 valence electrons. The highest BCUT2D eigenvalue weighted by atomic mass is 16.5. The number of carbonyl (C=O) groups excluding carboxylic acids is 3. The molecule has 13 heteroatoms. The van der Waals surface area contributed by atoms with Gasteiger partial charge in [-0.05, 0) is 12.1 Å². The van der Waals surface area contributed by atoms with Gasteiger partial charge >= 0.3 is 5.96 Å². The Balaban J connectivity index is 1.48. The van der Waals surface area contributed by atoms with E-state index in [-0.39, 0.29) is 49.7 Å². The van der Waals surface area contributed by atoms with E-state index in [1.807, 2.05) is 0 Å². The topological polar surface area (TPSA) is 198 Å². The Kier molecular flexibility index (Phi) is 4.58. The van der Waals surface area contributed by atoms with Gasteiger partial charge in [0.1, 0.15) is 18.1 Å². The highest BCUT2D eigenvalue weighted by molar-refractivity contribution is 6.02. The predicted molar refractivity (Wildman–Crippen MR) is 113 cm³/mol. The molecule has 0 radical (unpaired) electrons. The highest BCUT2D eigenvalue weighted by Crippen LogP contribution is 2.41. The van der Waals surface area contributed by atoms with Gasteiger partial charge in [-0.15, -0.1) is 0 Å². The van der Waals surface area contributed by atoms with Crippen LogP contribution in [-0.2, 0) is 9.59 Å². The van der Waals surface area contributed by atoms with Crippen LogP contribution in [0.3, 0.4) is 0 Å². The van der Waals surface area contributed by atoms with Crippen molar-refractivity contribution in [3.8, 4) is 0 Å². The number of hydrogen-bond acceptors (Lipinski definition) is 10. The first-order valence-electron chi connectivity index (χ1n) is 10.6. The summed E-state index contributed by atoms with van der Waals surface area (Å²) in [5.41, 5.74) is 10.8. The Hall–Kier alpha value is -3.71. The van der Waals surface area contributed by atoms with Crippen LogP contribution in [0.25, 0.3) is 0 Å². The molecule has 13 nitrogen and oxygen atoms in total. The first-order valence-corrected chi connectivity index (χ1v) is 10.6. The van der Waals surface area contributed by atoms with E-state index < -0.39 is 35.5 Å². The van der Waals surface area contributed by atoms with E-state index in [0.717, 1.165) is 4.90 Å². The van der Waals surface area contributed by atoms with Gasteiger partial charge < -0.3 is 26.6 Å². The Morgan fingerprint density at radius 3 is 2.55 bits per heavy atom. The molecule has 4 atom stereocenters. The van der Waals surface area contributed by atoms with E-state index in [0.29, 0.717) is 5.56 Å². The summed E-state index contributed by atoms with van der Waals surface area (Å²) in [5.74, 6) is -3.71. The SMILES string of the molecule is NC1=N[C@H]2[C@H](CN3C(=O)CCC3=O)NC(N)=[N+]3CC(NC(=O)c4ccccc4)C(O)(O)[C@]23N1. The number of guanidine groups is 2. The zero-order valence-corrected chi connectivity index (χ0v) is 17.6. The molecular formula is C20H25N8O5+. The standard InChI is InChI=1S/C20H24N8O5/c21-17-25-15-11(8-27-13(29)6-7-14(27)30)23-18(22)28-9-12(20(32,33)19(15,28)26-17)24-16(31)10-4-2-1-3-5-10/h1-5,11-12,15,32-33H,6-9H2,(H6,21,22,23,24,25,26,31)/p+1/t11-,12?,15-,19-/m0/s1. The summed E-state index contributed by atoms with van der Waals surface area (Å²) in [6.45, 7) is -0.140. The number of aliphatic imine (C=N–C) groups is 1. The monoisotopic (exact) mass is 457 g/mol. The molecule has 4 aliphatic heterocycles. The number of amides is 3. The summed E-state index contributed by atoms with van der Waals surface area (Å²) in [6, 6.07) is 5.50. The van der Waals surface area contributed by atoms with Crippen LogP contribution in [0.4, 0.5) is 0 Å². The minimum atomic E-state index is -2.57. The fourth-order valence-corrected chi connectivity index (χ4v) is 5.16. The maximum Gasteiger partial charge on any atom is 0.346 e. The van der Waals surface area contributed by atoms with Gasteiger partial charge in [-0.3, -0.25) is 30.3 Å². The van der Waals surface area contributed by atoms with Crippen molar-refractivity contribution in [1.29, 1.82) is 0 Å². The molecule has 5 rings (SSSR count). The number of carbonyl (C=O) groups is 3. The lowest BCUT2D eigenvalue weighted by molar-refractivity contribution is -0.623. The zero-order chi connectivity index (χ0) is 23.5. The molecule has 1 unspecified atom stereocenters. The van der Waals surface area contributed by atoms with Gasteiger partial charge in [-0.1, -0.05) is 18.2 Å².